The SMILES string of the molecule is O=[N+]([O-])c1ccccc1N=c1scc(-c2ccc(C3CCCCC3)cc2)n1N=Cc1ccc(N2CCOCC2)cc1. The van der Waals surface area contributed by atoms with Crippen LogP contribution in [0.2, 0.25) is 0 Å². The van der Waals surface area contributed by atoms with Crippen LogP contribution in [-0.4, -0.2) is 42.1 Å². The molecule has 4 aromatic rings. The molecule has 0 bridgehead atoms. The first-order chi connectivity index (χ1) is 20.2. The topological polar surface area (TPSA) is 85.3 Å². The lowest BCUT2D eigenvalue weighted by Crippen LogP contribution is -2.36. The molecule has 1 aromatic heterocycles. The highest BCUT2D eigenvalue weighted by Gasteiger charge is 2.17. The Kier molecular flexibility index (Phi) is 8.34. The fraction of sp³-hybridized carbons (Fsp3) is 0.312. The minimum Gasteiger partial charge on any atom is -0.378 e. The average Bonchev–Trinajstić information content (AvgIpc) is 3.43. The predicted molar refractivity (Wildman–Crippen MR) is 164 cm³/mol. The third kappa shape index (κ3) is 6.31. The van der Waals surface area contributed by atoms with Gasteiger partial charge in [-0.15, -0.1) is 11.3 Å². The summed E-state index contributed by atoms with van der Waals surface area (Å²) in [5.74, 6) is 0.634. The first-order valence-corrected chi connectivity index (χ1v) is 15.1. The molecule has 0 unspecified atom stereocenters. The van der Waals surface area contributed by atoms with Crippen molar-refractivity contribution in [2.75, 3.05) is 31.2 Å². The summed E-state index contributed by atoms with van der Waals surface area (Å²) in [4.78, 5) is 18.8. The molecule has 2 aliphatic rings. The van der Waals surface area contributed by atoms with Crippen LogP contribution in [0.5, 0.6) is 0 Å². The summed E-state index contributed by atoms with van der Waals surface area (Å²) in [6, 6.07) is 23.6. The van der Waals surface area contributed by atoms with E-state index in [1.165, 1.54) is 60.8 Å². The number of nitro groups is 1. The summed E-state index contributed by atoms with van der Waals surface area (Å²) in [5.41, 5.74) is 5.71. The molecule has 3 aromatic carbocycles. The fourth-order valence-corrected chi connectivity index (χ4v) is 6.43. The van der Waals surface area contributed by atoms with Crippen LogP contribution in [0.1, 0.15) is 49.1 Å². The van der Waals surface area contributed by atoms with Crippen molar-refractivity contribution in [3.8, 4) is 11.3 Å². The van der Waals surface area contributed by atoms with Crippen LogP contribution < -0.4 is 9.70 Å². The molecule has 0 amide bonds. The van der Waals surface area contributed by atoms with Crippen LogP contribution in [0.3, 0.4) is 0 Å². The Balaban J connectivity index is 1.35. The highest BCUT2D eigenvalue weighted by Crippen LogP contribution is 2.34. The minimum atomic E-state index is -0.402. The maximum Gasteiger partial charge on any atom is 0.294 e. The number of morpholine rings is 1. The number of benzene rings is 3. The van der Waals surface area contributed by atoms with E-state index in [1.807, 2.05) is 11.6 Å². The molecule has 1 saturated heterocycles. The second-order valence-electron chi connectivity index (χ2n) is 10.5. The zero-order chi connectivity index (χ0) is 28.0. The lowest BCUT2D eigenvalue weighted by Gasteiger charge is -2.28. The fourth-order valence-electron chi connectivity index (χ4n) is 5.58. The molecule has 8 nitrogen and oxygen atoms in total. The standard InChI is InChI=1S/C32H33N5O3S/c38-37(39)30-9-5-4-8-29(30)34-32-36(33-22-24-10-16-28(17-11-24)35-18-20-40-21-19-35)31(23-41-32)27-14-12-26(13-15-27)25-6-2-1-3-7-25/h4-5,8-17,22-23,25H,1-3,6-7,18-21H2. The molecule has 1 saturated carbocycles. The zero-order valence-corrected chi connectivity index (χ0v) is 23.7. The van der Waals surface area contributed by atoms with Gasteiger partial charge in [0.25, 0.3) is 5.69 Å². The number of nitro benzene ring substituents is 1. The number of aromatic nitrogens is 1. The number of para-hydroxylation sites is 2. The number of rotatable bonds is 7. The van der Waals surface area contributed by atoms with Gasteiger partial charge in [-0.05, 0) is 48.1 Å². The normalized spacial score (nSPS) is 16.9. The van der Waals surface area contributed by atoms with E-state index in [2.05, 4.69) is 53.4 Å². The highest BCUT2D eigenvalue weighted by atomic mass is 32.1. The summed E-state index contributed by atoms with van der Waals surface area (Å²) in [6.45, 7) is 3.26. The van der Waals surface area contributed by atoms with Gasteiger partial charge in [-0.2, -0.15) is 5.10 Å². The van der Waals surface area contributed by atoms with Gasteiger partial charge >= 0.3 is 0 Å². The Morgan fingerprint density at radius 1 is 0.927 bits per heavy atom. The molecule has 2 fully saturated rings. The van der Waals surface area contributed by atoms with Gasteiger partial charge in [0, 0.05) is 35.8 Å². The van der Waals surface area contributed by atoms with E-state index < -0.39 is 4.92 Å². The van der Waals surface area contributed by atoms with E-state index in [0.717, 1.165) is 43.1 Å². The molecule has 210 valence electrons. The van der Waals surface area contributed by atoms with E-state index in [0.29, 0.717) is 16.4 Å². The van der Waals surface area contributed by atoms with Gasteiger partial charge in [0.1, 0.15) is 5.69 Å². The number of ether oxygens (including phenoxy) is 1. The first kappa shape index (κ1) is 27.1. The number of nitrogens with zero attached hydrogens (tertiary/aromatic N) is 5. The van der Waals surface area contributed by atoms with Crippen molar-refractivity contribution in [3.63, 3.8) is 0 Å². The molecule has 0 spiro atoms. The van der Waals surface area contributed by atoms with Crippen molar-refractivity contribution in [1.29, 1.82) is 0 Å². The predicted octanol–water partition coefficient (Wildman–Crippen LogP) is 7.12. The van der Waals surface area contributed by atoms with Crippen LogP contribution in [-0.2, 0) is 4.74 Å². The number of hydrogen-bond donors (Lipinski definition) is 0. The smallest absolute Gasteiger partial charge is 0.294 e. The van der Waals surface area contributed by atoms with E-state index in [9.17, 15) is 10.1 Å². The Labute approximate surface area is 243 Å². The van der Waals surface area contributed by atoms with Crippen molar-refractivity contribution in [1.82, 2.24) is 4.68 Å². The Bertz CT molecular complexity index is 1580. The van der Waals surface area contributed by atoms with Crippen LogP contribution in [0, 0.1) is 10.1 Å². The van der Waals surface area contributed by atoms with Gasteiger partial charge in [0.05, 0.1) is 30.0 Å². The van der Waals surface area contributed by atoms with Crippen molar-refractivity contribution in [2.45, 2.75) is 38.0 Å². The molecule has 1 aliphatic carbocycles. The highest BCUT2D eigenvalue weighted by molar-refractivity contribution is 7.07. The van der Waals surface area contributed by atoms with Gasteiger partial charge in [-0.3, -0.25) is 10.1 Å². The third-order valence-corrected chi connectivity index (χ3v) is 8.67. The minimum absolute atomic E-state index is 0.0338. The van der Waals surface area contributed by atoms with Crippen molar-refractivity contribution >= 4 is 34.6 Å². The van der Waals surface area contributed by atoms with Gasteiger partial charge in [0.15, 0.2) is 0 Å². The molecule has 0 N–H and O–H groups in total. The monoisotopic (exact) mass is 567 g/mol. The zero-order valence-electron chi connectivity index (χ0n) is 22.9. The Morgan fingerprint density at radius 2 is 1.66 bits per heavy atom. The van der Waals surface area contributed by atoms with Gasteiger partial charge < -0.3 is 9.64 Å². The first-order valence-electron chi connectivity index (χ1n) is 14.2. The van der Waals surface area contributed by atoms with Crippen LogP contribution in [0.4, 0.5) is 17.1 Å². The molecule has 2 heterocycles. The lowest BCUT2D eigenvalue weighted by molar-refractivity contribution is -0.384. The van der Waals surface area contributed by atoms with Crippen LogP contribution in [0.15, 0.2) is 88.3 Å². The Morgan fingerprint density at radius 3 is 2.39 bits per heavy atom. The molecule has 0 atom stereocenters. The summed E-state index contributed by atoms with van der Waals surface area (Å²) in [6.07, 6.45) is 8.26. The lowest BCUT2D eigenvalue weighted by atomic mass is 9.84. The average molecular weight is 568 g/mol. The molecule has 9 heteroatoms. The van der Waals surface area contributed by atoms with E-state index in [4.69, 9.17) is 14.8 Å². The maximum atomic E-state index is 11.6. The molecular weight excluding hydrogens is 534 g/mol. The van der Waals surface area contributed by atoms with Crippen LogP contribution >= 0.6 is 11.3 Å². The summed E-state index contributed by atoms with van der Waals surface area (Å²) < 4.78 is 7.26. The summed E-state index contributed by atoms with van der Waals surface area (Å²) >= 11 is 1.42. The third-order valence-electron chi connectivity index (χ3n) is 7.85. The Hall–Kier alpha value is -4.08. The van der Waals surface area contributed by atoms with Crippen molar-refractivity contribution in [3.05, 3.63) is 104 Å². The second kappa shape index (κ2) is 12.6. The van der Waals surface area contributed by atoms with E-state index in [1.54, 1.807) is 22.9 Å². The number of anilines is 1. The van der Waals surface area contributed by atoms with Crippen LogP contribution in [0.25, 0.3) is 11.3 Å². The molecule has 0 radical (unpaired) electrons. The summed E-state index contributed by atoms with van der Waals surface area (Å²) in [5, 5.41) is 18.5. The van der Waals surface area contributed by atoms with Crippen molar-refractivity contribution < 1.29 is 9.66 Å². The van der Waals surface area contributed by atoms with Gasteiger partial charge in [-0.1, -0.05) is 67.8 Å². The number of hydrogen-bond acceptors (Lipinski definition) is 7. The number of thiazole rings is 1. The molecular formula is C32H33N5O3S. The maximum absolute atomic E-state index is 11.6. The molecule has 1 aliphatic heterocycles. The quantitative estimate of drug-likeness (QED) is 0.135. The molecule has 6 rings (SSSR count). The van der Waals surface area contributed by atoms with Gasteiger partial charge in [0.2, 0.25) is 4.80 Å². The second-order valence-corrected chi connectivity index (χ2v) is 11.3. The van der Waals surface area contributed by atoms with E-state index >= 15 is 0 Å². The summed E-state index contributed by atoms with van der Waals surface area (Å²) in [7, 11) is 0. The van der Waals surface area contributed by atoms with E-state index in [-0.39, 0.29) is 5.69 Å². The van der Waals surface area contributed by atoms with Gasteiger partial charge in [-0.25, -0.2) is 9.67 Å². The van der Waals surface area contributed by atoms with Crippen molar-refractivity contribution in [2.24, 2.45) is 10.1 Å². The largest absolute Gasteiger partial charge is 0.378 e. The molecule has 41 heavy (non-hydrogen) atoms.